The van der Waals surface area contributed by atoms with E-state index in [1.807, 2.05) is 13.8 Å². The summed E-state index contributed by atoms with van der Waals surface area (Å²) in [5, 5.41) is 59.0. The van der Waals surface area contributed by atoms with Gasteiger partial charge in [-0.05, 0) is 98.9 Å². The number of benzene rings is 4. The summed E-state index contributed by atoms with van der Waals surface area (Å²) in [5.41, 5.74) is 4.86. The summed E-state index contributed by atoms with van der Waals surface area (Å²) in [4.78, 5) is 31.9. The zero-order valence-corrected chi connectivity index (χ0v) is 41.7. The molecule has 0 saturated carbocycles. The molecule has 0 spiro atoms. The number of aryl methyl sites for hydroxylation is 2. The van der Waals surface area contributed by atoms with Gasteiger partial charge in [0.1, 0.15) is 0 Å². The number of aliphatic imine (C=N–C) groups is 2. The van der Waals surface area contributed by atoms with E-state index in [2.05, 4.69) is 74.5 Å². The average Bonchev–Trinajstić information content (AvgIpc) is 3.31. The van der Waals surface area contributed by atoms with Crippen molar-refractivity contribution in [1.82, 2.24) is 0 Å². The van der Waals surface area contributed by atoms with Crippen LogP contribution in [-0.2, 0) is 29.3 Å². The Balaban J connectivity index is 0.000000565. The molecule has 0 aliphatic rings. The van der Waals surface area contributed by atoms with Crippen LogP contribution in [0.3, 0.4) is 0 Å². The van der Waals surface area contributed by atoms with Crippen molar-refractivity contribution in [1.29, 1.82) is 0 Å². The molecule has 370 valence electrons. The molecule has 0 bridgehead atoms. The zero-order valence-electron chi connectivity index (χ0n) is 40.7. The van der Waals surface area contributed by atoms with Gasteiger partial charge in [0.25, 0.3) is 0 Å². The van der Waals surface area contributed by atoms with E-state index in [0.717, 1.165) is 62.7 Å². The predicted octanol–water partition coefficient (Wildman–Crippen LogP) is 13.2. The minimum atomic E-state index is -1.46. The third-order valence-corrected chi connectivity index (χ3v) is 11.4. The standard InChI is InChI=1S/C32H48N2.2C12H16O4.Ni/c1-3-5-7-9-10-11-12-13-14-22-28-32(34-30-25-19-16-20-26-30)31(27-21-8-6-4-2)33-29-23-17-15-18-24-29;2*1-2-3-4-5-8-6-7-9(13)11(14)10(8)12(15)16;/h15-20,23-26H,3-14,21-22,27-28H2,1-2H3;2*6-7,13-14H,2-5H2,1H3,(H,15,16);/q;;;+2/p-2. The summed E-state index contributed by atoms with van der Waals surface area (Å²) >= 11 is 0. The normalized spacial score (nSPS) is 11.2. The Morgan fingerprint density at radius 1 is 0.418 bits per heavy atom. The topological polar surface area (TPSA) is 186 Å². The molecule has 4 rings (SSSR count). The quantitative estimate of drug-likeness (QED) is 0.0179. The second kappa shape index (κ2) is 36.9. The van der Waals surface area contributed by atoms with Gasteiger partial charge in [0, 0.05) is 11.1 Å². The van der Waals surface area contributed by atoms with E-state index in [9.17, 15) is 40.2 Å². The fourth-order valence-electron chi connectivity index (χ4n) is 7.59. The third-order valence-electron chi connectivity index (χ3n) is 11.4. The van der Waals surface area contributed by atoms with Gasteiger partial charge >= 0.3 is 16.5 Å². The smallest absolute Gasteiger partial charge is 0.545 e. The Morgan fingerprint density at radius 2 is 0.716 bits per heavy atom. The number of aromatic hydroxyl groups is 4. The van der Waals surface area contributed by atoms with Crippen molar-refractivity contribution in [3.63, 3.8) is 0 Å². The molecule has 67 heavy (non-hydrogen) atoms. The van der Waals surface area contributed by atoms with Crippen LogP contribution in [0, 0.1) is 0 Å². The molecule has 4 aromatic rings. The van der Waals surface area contributed by atoms with Gasteiger partial charge in [-0.1, -0.05) is 179 Å². The maximum atomic E-state index is 10.8. The Bertz CT molecular complexity index is 1950. The van der Waals surface area contributed by atoms with Crippen LogP contribution < -0.4 is 10.2 Å². The molecule has 4 N–H and O–H groups in total. The van der Waals surface area contributed by atoms with Gasteiger partial charge < -0.3 is 40.2 Å². The fourth-order valence-corrected chi connectivity index (χ4v) is 7.59. The van der Waals surface area contributed by atoms with Gasteiger partial charge in [-0.3, -0.25) is 9.98 Å². The van der Waals surface area contributed by atoms with Crippen LogP contribution in [0.2, 0.25) is 0 Å². The molecule has 0 amide bonds. The molecule has 10 nitrogen and oxygen atoms in total. The number of unbranched alkanes of at least 4 members (excludes halogenated alkanes) is 16. The summed E-state index contributed by atoms with van der Waals surface area (Å²) in [7, 11) is 0. The van der Waals surface area contributed by atoms with Crippen molar-refractivity contribution in [3.8, 4) is 23.0 Å². The molecule has 0 heterocycles. The molecule has 0 radical (unpaired) electrons. The van der Waals surface area contributed by atoms with Crippen LogP contribution in [-0.4, -0.2) is 43.8 Å². The molecule has 0 aliphatic carbocycles. The number of carboxylic acid groups (broad SMARTS) is 2. The first-order chi connectivity index (χ1) is 32.0. The van der Waals surface area contributed by atoms with Gasteiger partial charge in [0.2, 0.25) is 0 Å². The van der Waals surface area contributed by atoms with Gasteiger partial charge in [-0.25, -0.2) is 0 Å². The van der Waals surface area contributed by atoms with Crippen LogP contribution in [0.25, 0.3) is 0 Å². The van der Waals surface area contributed by atoms with Crippen molar-refractivity contribution in [3.05, 3.63) is 107 Å². The van der Waals surface area contributed by atoms with Crippen LogP contribution in [0.4, 0.5) is 11.4 Å². The monoisotopic (exact) mass is 965 g/mol. The van der Waals surface area contributed by atoms with Gasteiger partial charge in [0.15, 0.2) is 23.0 Å². The van der Waals surface area contributed by atoms with E-state index in [4.69, 9.17) is 9.98 Å². The van der Waals surface area contributed by atoms with E-state index in [0.29, 0.717) is 24.0 Å². The van der Waals surface area contributed by atoms with Crippen LogP contribution >= 0.6 is 0 Å². The number of para-hydroxylation sites is 2. The second-order valence-electron chi connectivity index (χ2n) is 17.0. The van der Waals surface area contributed by atoms with E-state index >= 15 is 0 Å². The number of hydrogen-bond acceptors (Lipinski definition) is 10. The maximum Gasteiger partial charge on any atom is 2.00 e. The molecule has 0 atom stereocenters. The fraction of sp³-hybridized carbons (Fsp3) is 0.500. The molecule has 4 aromatic carbocycles. The van der Waals surface area contributed by atoms with Crippen LogP contribution in [0.5, 0.6) is 23.0 Å². The van der Waals surface area contributed by atoms with Crippen molar-refractivity contribution in [2.45, 2.75) is 182 Å². The summed E-state index contributed by atoms with van der Waals surface area (Å²) in [6, 6.07) is 26.4. The zero-order chi connectivity index (χ0) is 48.4. The van der Waals surface area contributed by atoms with Crippen molar-refractivity contribution >= 4 is 34.7 Å². The molecule has 0 unspecified atom stereocenters. The Kier molecular flexibility index (Phi) is 33.0. The van der Waals surface area contributed by atoms with Crippen molar-refractivity contribution in [2.24, 2.45) is 9.98 Å². The maximum absolute atomic E-state index is 10.8. The summed E-state index contributed by atoms with van der Waals surface area (Å²) in [6.45, 7) is 8.66. The molecule has 0 aliphatic heterocycles. The molecule has 0 fully saturated rings. The van der Waals surface area contributed by atoms with Crippen LogP contribution in [0.15, 0.2) is 94.9 Å². The van der Waals surface area contributed by atoms with Crippen LogP contribution in [0.1, 0.15) is 201 Å². The summed E-state index contributed by atoms with van der Waals surface area (Å²) < 4.78 is 0. The number of nitrogens with zero attached hydrogens (tertiary/aromatic N) is 2. The second-order valence-corrected chi connectivity index (χ2v) is 17.0. The number of hydrogen-bond donors (Lipinski definition) is 4. The number of carbonyl (C=O) groups is 2. The first kappa shape index (κ1) is 59.9. The van der Waals surface area contributed by atoms with E-state index in [1.54, 1.807) is 0 Å². The Labute approximate surface area is 411 Å². The molecule has 0 aromatic heterocycles. The average molecular weight is 966 g/mol. The SMILES string of the molecule is CCCCCCCCCCCCC(=Nc1ccccc1)C(CCCCCC)=Nc1ccccc1.CCCCCc1ccc(O)c(O)c1C(=O)[O-].CCCCCc1ccc(O)c(O)c1C(=O)[O-].[Ni+2]. The number of carbonyl (C=O) groups excluding carboxylic acids is 2. The van der Waals surface area contributed by atoms with Crippen molar-refractivity contribution < 1.29 is 56.7 Å². The number of phenolic OH excluding ortho intramolecular Hbond substituents is 2. The van der Waals surface area contributed by atoms with Crippen molar-refractivity contribution in [2.75, 3.05) is 0 Å². The van der Waals surface area contributed by atoms with E-state index in [1.165, 1.54) is 126 Å². The van der Waals surface area contributed by atoms with E-state index < -0.39 is 34.9 Å². The van der Waals surface area contributed by atoms with Gasteiger partial charge in [-0.2, -0.15) is 0 Å². The van der Waals surface area contributed by atoms with Gasteiger partial charge in [-0.15, -0.1) is 0 Å². The predicted molar refractivity (Wildman–Crippen MR) is 267 cm³/mol. The molecular formula is C56H78N2NiO8. The Morgan fingerprint density at radius 3 is 1.04 bits per heavy atom. The number of rotatable bonds is 29. The van der Waals surface area contributed by atoms with Gasteiger partial charge in [0.05, 0.1) is 34.7 Å². The molecular weight excluding hydrogens is 887 g/mol. The minimum absolute atomic E-state index is 0. The molecule has 0 saturated heterocycles. The minimum Gasteiger partial charge on any atom is -0.545 e. The molecule has 11 heteroatoms. The summed E-state index contributed by atoms with van der Waals surface area (Å²) in [6.07, 6.45) is 27.5. The largest absolute Gasteiger partial charge is 2.00 e. The van der Waals surface area contributed by atoms with E-state index in [-0.39, 0.29) is 27.6 Å². The number of carboxylic acids is 2. The number of aromatic carboxylic acids is 2. The third kappa shape index (κ3) is 24.4. The Hall–Kier alpha value is -5.15. The summed E-state index contributed by atoms with van der Waals surface area (Å²) in [5.74, 6) is -4.99. The first-order valence-corrected chi connectivity index (χ1v) is 24.7. The number of phenols is 4. The first-order valence-electron chi connectivity index (χ1n) is 24.7.